The summed E-state index contributed by atoms with van der Waals surface area (Å²) in [5.74, 6) is 0.418. The molecule has 1 aliphatic heterocycles. The number of amides is 2. The second-order valence-electron chi connectivity index (χ2n) is 5.67. The molecule has 0 atom stereocenters. The van der Waals surface area contributed by atoms with Crippen LogP contribution in [0.4, 0.5) is 0 Å². The quantitative estimate of drug-likeness (QED) is 0.575. The Morgan fingerprint density at radius 2 is 1.96 bits per heavy atom. The van der Waals surface area contributed by atoms with Gasteiger partial charge in [0.25, 0.3) is 11.8 Å². The fourth-order valence-corrected chi connectivity index (χ4v) is 3.70. The summed E-state index contributed by atoms with van der Waals surface area (Å²) in [6, 6.07) is 14.0. The SMILES string of the molecule is CCOc1ccc(/C=C2\SC(=S)N(NC(=O)c3ccccc3)C2=O)cc1OC. The van der Waals surface area contributed by atoms with E-state index >= 15 is 0 Å². The van der Waals surface area contributed by atoms with Gasteiger partial charge in [-0.2, -0.15) is 5.01 Å². The average molecular weight is 415 g/mol. The van der Waals surface area contributed by atoms with Crippen LogP contribution in [0.25, 0.3) is 6.08 Å². The number of ether oxygens (including phenoxy) is 2. The third-order valence-electron chi connectivity index (χ3n) is 3.83. The lowest BCUT2D eigenvalue weighted by molar-refractivity contribution is -0.123. The van der Waals surface area contributed by atoms with Crippen LogP contribution < -0.4 is 14.9 Å². The zero-order chi connectivity index (χ0) is 20.1. The van der Waals surface area contributed by atoms with Gasteiger partial charge in [-0.15, -0.1) is 0 Å². The molecule has 0 aromatic heterocycles. The van der Waals surface area contributed by atoms with Crippen LogP contribution in [0.5, 0.6) is 11.5 Å². The molecule has 0 spiro atoms. The first kappa shape index (κ1) is 19.9. The Balaban J connectivity index is 1.78. The van der Waals surface area contributed by atoms with Crippen molar-refractivity contribution in [3.05, 3.63) is 64.6 Å². The van der Waals surface area contributed by atoms with Gasteiger partial charge in [-0.05, 0) is 55.0 Å². The lowest BCUT2D eigenvalue weighted by Gasteiger charge is -2.15. The van der Waals surface area contributed by atoms with E-state index in [0.29, 0.717) is 28.6 Å². The molecule has 6 nitrogen and oxygen atoms in total. The Kier molecular flexibility index (Phi) is 6.33. The van der Waals surface area contributed by atoms with E-state index in [1.165, 1.54) is 0 Å². The van der Waals surface area contributed by atoms with Crippen LogP contribution in [0.1, 0.15) is 22.8 Å². The number of thioether (sulfide) groups is 1. The predicted octanol–water partition coefficient (Wildman–Crippen LogP) is 3.64. The number of benzene rings is 2. The Morgan fingerprint density at radius 3 is 2.64 bits per heavy atom. The van der Waals surface area contributed by atoms with Gasteiger partial charge < -0.3 is 9.47 Å². The van der Waals surface area contributed by atoms with E-state index in [1.807, 2.05) is 19.1 Å². The number of hydrogen-bond donors (Lipinski definition) is 1. The summed E-state index contributed by atoms with van der Waals surface area (Å²) in [5, 5.41) is 1.09. The maximum atomic E-state index is 12.7. The molecule has 2 amide bonds. The second-order valence-corrected chi connectivity index (χ2v) is 7.34. The molecule has 1 N–H and O–H groups in total. The summed E-state index contributed by atoms with van der Waals surface area (Å²) in [5.41, 5.74) is 3.76. The Hall–Kier alpha value is -2.84. The molecular formula is C20H18N2O4S2. The van der Waals surface area contributed by atoms with Gasteiger partial charge in [0.1, 0.15) is 0 Å². The summed E-state index contributed by atoms with van der Waals surface area (Å²) in [6.45, 7) is 2.41. The number of nitrogens with one attached hydrogen (secondary N) is 1. The summed E-state index contributed by atoms with van der Waals surface area (Å²) in [7, 11) is 1.56. The molecule has 0 unspecified atom stereocenters. The van der Waals surface area contributed by atoms with E-state index in [4.69, 9.17) is 21.7 Å². The van der Waals surface area contributed by atoms with Gasteiger partial charge in [0.15, 0.2) is 15.8 Å². The first-order chi connectivity index (χ1) is 13.5. The number of hydrogen-bond acceptors (Lipinski definition) is 6. The van der Waals surface area contributed by atoms with Crippen molar-refractivity contribution >= 4 is 46.2 Å². The van der Waals surface area contributed by atoms with E-state index < -0.39 is 5.91 Å². The number of rotatable bonds is 6. The van der Waals surface area contributed by atoms with Crippen molar-refractivity contribution in [3.8, 4) is 11.5 Å². The molecule has 0 radical (unpaired) electrons. The molecule has 0 bridgehead atoms. The average Bonchev–Trinajstić information content (AvgIpc) is 2.97. The number of hydrazine groups is 1. The van der Waals surface area contributed by atoms with Crippen molar-refractivity contribution in [1.29, 1.82) is 0 Å². The monoisotopic (exact) mass is 414 g/mol. The van der Waals surface area contributed by atoms with Gasteiger partial charge in [-0.25, -0.2) is 0 Å². The molecule has 2 aromatic carbocycles. The molecule has 28 heavy (non-hydrogen) atoms. The summed E-state index contributed by atoms with van der Waals surface area (Å²) < 4.78 is 11.1. The smallest absolute Gasteiger partial charge is 0.285 e. The normalized spacial score (nSPS) is 15.1. The van der Waals surface area contributed by atoms with E-state index in [9.17, 15) is 9.59 Å². The molecule has 8 heteroatoms. The third kappa shape index (κ3) is 4.35. The van der Waals surface area contributed by atoms with Gasteiger partial charge in [-0.1, -0.05) is 36.0 Å². The molecule has 0 saturated carbocycles. The largest absolute Gasteiger partial charge is 0.493 e. The first-order valence-corrected chi connectivity index (χ1v) is 9.70. The summed E-state index contributed by atoms with van der Waals surface area (Å²) >= 11 is 6.37. The van der Waals surface area contributed by atoms with Gasteiger partial charge >= 0.3 is 0 Å². The minimum atomic E-state index is -0.402. The van der Waals surface area contributed by atoms with Crippen LogP contribution in [0.15, 0.2) is 53.4 Å². The molecule has 1 heterocycles. The van der Waals surface area contributed by atoms with Crippen molar-refractivity contribution in [3.63, 3.8) is 0 Å². The highest BCUT2D eigenvalue weighted by molar-refractivity contribution is 8.26. The number of thiocarbonyl (C=S) groups is 1. The molecule has 3 rings (SSSR count). The Morgan fingerprint density at radius 1 is 1.21 bits per heavy atom. The minimum absolute atomic E-state index is 0.262. The predicted molar refractivity (Wildman–Crippen MR) is 113 cm³/mol. The van der Waals surface area contributed by atoms with E-state index in [0.717, 1.165) is 22.3 Å². The molecule has 1 saturated heterocycles. The van der Waals surface area contributed by atoms with Crippen LogP contribution in [-0.4, -0.2) is 34.9 Å². The number of methoxy groups -OCH3 is 1. The van der Waals surface area contributed by atoms with Crippen LogP contribution >= 0.6 is 24.0 Å². The van der Waals surface area contributed by atoms with Gasteiger partial charge in [-0.3, -0.25) is 15.0 Å². The fourth-order valence-electron chi connectivity index (χ4n) is 2.52. The second kappa shape index (κ2) is 8.90. The van der Waals surface area contributed by atoms with Crippen LogP contribution in [0, 0.1) is 0 Å². The molecule has 1 aliphatic rings. The standard InChI is InChI=1S/C20H18N2O4S2/c1-3-26-15-10-9-13(11-16(15)25-2)12-17-19(24)22(20(27)28-17)21-18(23)14-7-5-4-6-8-14/h4-12H,3H2,1-2H3,(H,21,23)/b17-12-. The van der Waals surface area contributed by atoms with Gasteiger partial charge in [0, 0.05) is 5.56 Å². The highest BCUT2D eigenvalue weighted by Gasteiger charge is 2.33. The van der Waals surface area contributed by atoms with Crippen molar-refractivity contribution in [2.24, 2.45) is 0 Å². The van der Waals surface area contributed by atoms with Crippen LogP contribution in [0.3, 0.4) is 0 Å². The third-order valence-corrected chi connectivity index (χ3v) is 5.13. The molecular weight excluding hydrogens is 396 g/mol. The van der Waals surface area contributed by atoms with Crippen LogP contribution in [0.2, 0.25) is 0 Å². The molecule has 0 aliphatic carbocycles. The maximum Gasteiger partial charge on any atom is 0.285 e. The topological polar surface area (TPSA) is 67.9 Å². The Labute approximate surface area is 172 Å². The van der Waals surface area contributed by atoms with E-state index in [-0.39, 0.29) is 10.2 Å². The highest BCUT2D eigenvalue weighted by Crippen LogP contribution is 2.34. The lowest BCUT2D eigenvalue weighted by Crippen LogP contribution is -2.44. The van der Waals surface area contributed by atoms with Gasteiger partial charge in [0.2, 0.25) is 0 Å². The first-order valence-electron chi connectivity index (χ1n) is 8.48. The zero-order valence-electron chi connectivity index (χ0n) is 15.3. The number of carbonyl (C=O) groups excluding carboxylic acids is 2. The van der Waals surface area contributed by atoms with E-state index in [1.54, 1.807) is 49.6 Å². The minimum Gasteiger partial charge on any atom is -0.493 e. The summed E-state index contributed by atoms with van der Waals surface area (Å²) in [6.07, 6.45) is 1.70. The van der Waals surface area contributed by atoms with Crippen molar-refractivity contribution in [2.45, 2.75) is 6.92 Å². The van der Waals surface area contributed by atoms with Crippen molar-refractivity contribution < 1.29 is 19.1 Å². The van der Waals surface area contributed by atoms with Crippen molar-refractivity contribution in [2.75, 3.05) is 13.7 Å². The zero-order valence-corrected chi connectivity index (χ0v) is 16.9. The number of carbonyl (C=O) groups is 2. The van der Waals surface area contributed by atoms with E-state index in [2.05, 4.69) is 5.43 Å². The fraction of sp³-hybridized carbons (Fsp3) is 0.150. The lowest BCUT2D eigenvalue weighted by atomic mass is 10.2. The van der Waals surface area contributed by atoms with Gasteiger partial charge in [0.05, 0.1) is 18.6 Å². The maximum absolute atomic E-state index is 12.7. The Bertz CT molecular complexity index is 944. The molecule has 1 fully saturated rings. The molecule has 2 aromatic rings. The molecule has 144 valence electrons. The summed E-state index contributed by atoms with van der Waals surface area (Å²) in [4.78, 5) is 25.4. The number of nitrogens with zero attached hydrogens (tertiary/aromatic N) is 1. The van der Waals surface area contributed by atoms with Crippen LogP contribution in [-0.2, 0) is 4.79 Å². The van der Waals surface area contributed by atoms with Crippen molar-refractivity contribution in [1.82, 2.24) is 10.4 Å². The highest BCUT2D eigenvalue weighted by atomic mass is 32.2.